The Morgan fingerprint density at radius 1 is 0.337 bits per heavy atom. The van der Waals surface area contributed by atoms with Gasteiger partial charge in [0.25, 0.3) is 0 Å². The predicted octanol–water partition coefficient (Wildman–Crippen LogP) is 20.6. The Morgan fingerprint density at radius 3 is 0.880 bits per heavy atom. The first-order chi connectivity index (χ1) is 44.2. The largest absolute Gasteiger partial charge is 0.472 e. The van der Waals surface area contributed by atoms with Gasteiger partial charge in [0, 0.05) is 25.7 Å². The third-order valence-electron chi connectivity index (χ3n) is 16.3. The molecular weight excluding hydrogens is 1210 g/mol. The molecule has 0 saturated heterocycles. The highest BCUT2D eigenvalue weighted by atomic mass is 31.2. The molecule has 17 nitrogen and oxygen atoms in total. The van der Waals surface area contributed by atoms with Gasteiger partial charge in [0.2, 0.25) is 0 Å². The first-order valence-electron chi connectivity index (χ1n) is 37.2. The van der Waals surface area contributed by atoms with Crippen molar-refractivity contribution in [1.29, 1.82) is 0 Å². The normalized spacial score (nSPS) is 14.3. The van der Waals surface area contributed by atoms with Gasteiger partial charge in [-0.25, -0.2) is 9.13 Å². The molecule has 0 aromatic heterocycles. The van der Waals surface area contributed by atoms with E-state index in [1.165, 1.54) is 135 Å². The van der Waals surface area contributed by atoms with E-state index >= 15 is 0 Å². The first kappa shape index (κ1) is 89.5. The molecule has 0 aliphatic rings. The topological polar surface area (TPSA) is 237 Å². The average Bonchev–Trinajstić information content (AvgIpc) is 2.00. The maximum absolute atomic E-state index is 13.0. The molecule has 542 valence electrons. The Hall–Kier alpha value is -2.46. The molecule has 0 saturated carbocycles. The summed E-state index contributed by atoms with van der Waals surface area (Å²) in [4.78, 5) is 72.6. The van der Waals surface area contributed by atoms with Crippen LogP contribution in [0.5, 0.6) is 0 Å². The van der Waals surface area contributed by atoms with Crippen LogP contribution in [0.4, 0.5) is 0 Å². The van der Waals surface area contributed by atoms with Crippen LogP contribution < -0.4 is 0 Å². The Labute approximate surface area is 561 Å². The summed E-state index contributed by atoms with van der Waals surface area (Å²) < 4.78 is 68.3. The minimum absolute atomic E-state index is 0.0843. The summed E-state index contributed by atoms with van der Waals surface area (Å²) in [6, 6.07) is 0. The number of allylic oxidation sites excluding steroid dienone is 4. The molecule has 0 spiro atoms. The molecule has 0 aromatic rings. The SMILES string of the molecule is CCCCCC/C=C\C=C/CCCCCCCC(=O)O[C@H](COC(=O)CCCCCCCCCCCCC(C)C)COP(=O)(O)OCC(O)COP(=O)(O)OC[C@@H](COC(=O)CCCCCCCCCC(C)C)OC(=O)CCCCCCCCCCCCCC(C)C. The van der Waals surface area contributed by atoms with Gasteiger partial charge < -0.3 is 33.8 Å². The third kappa shape index (κ3) is 66.2. The lowest BCUT2D eigenvalue weighted by molar-refractivity contribution is -0.161. The second-order valence-corrected chi connectivity index (χ2v) is 30.0. The number of unbranched alkanes of at least 4 members (excludes halogenated alkanes) is 34. The number of hydrogen-bond donors (Lipinski definition) is 3. The predicted molar refractivity (Wildman–Crippen MR) is 372 cm³/mol. The van der Waals surface area contributed by atoms with Gasteiger partial charge in [-0.05, 0) is 69.1 Å². The van der Waals surface area contributed by atoms with Crippen LogP contribution in [-0.2, 0) is 65.4 Å². The van der Waals surface area contributed by atoms with Gasteiger partial charge in [-0.1, -0.05) is 291 Å². The number of rotatable bonds is 69. The molecule has 0 amide bonds. The number of phosphoric ester groups is 2. The summed E-state index contributed by atoms with van der Waals surface area (Å²) in [5, 5.41) is 10.6. The quantitative estimate of drug-likeness (QED) is 0.0169. The molecule has 19 heteroatoms. The molecular formula is C73H138O17P2. The van der Waals surface area contributed by atoms with Crippen molar-refractivity contribution in [2.24, 2.45) is 17.8 Å². The number of ether oxygens (including phenoxy) is 4. The monoisotopic (exact) mass is 1350 g/mol. The number of phosphoric acid groups is 2. The summed E-state index contributed by atoms with van der Waals surface area (Å²) in [5.41, 5.74) is 0. The van der Waals surface area contributed by atoms with Crippen molar-refractivity contribution < 1.29 is 80.2 Å². The van der Waals surface area contributed by atoms with E-state index in [0.29, 0.717) is 31.6 Å². The van der Waals surface area contributed by atoms with E-state index in [0.717, 1.165) is 121 Å². The van der Waals surface area contributed by atoms with Gasteiger partial charge in [-0.3, -0.25) is 37.3 Å². The fraction of sp³-hybridized carbons (Fsp3) is 0.890. The number of carbonyl (C=O) groups is 4. The van der Waals surface area contributed by atoms with E-state index in [-0.39, 0.29) is 25.7 Å². The fourth-order valence-electron chi connectivity index (χ4n) is 10.5. The maximum atomic E-state index is 13.0. The van der Waals surface area contributed by atoms with Crippen LogP contribution in [0, 0.1) is 17.8 Å². The summed E-state index contributed by atoms with van der Waals surface area (Å²) in [6.45, 7) is 11.7. The van der Waals surface area contributed by atoms with Crippen molar-refractivity contribution in [3.63, 3.8) is 0 Å². The zero-order valence-corrected chi connectivity index (χ0v) is 61.3. The molecule has 0 heterocycles. The van der Waals surface area contributed by atoms with E-state index in [9.17, 15) is 43.2 Å². The van der Waals surface area contributed by atoms with Crippen LogP contribution in [0.3, 0.4) is 0 Å². The van der Waals surface area contributed by atoms with E-state index in [1.807, 2.05) is 0 Å². The minimum Gasteiger partial charge on any atom is -0.462 e. The van der Waals surface area contributed by atoms with Crippen molar-refractivity contribution in [3.8, 4) is 0 Å². The molecule has 0 aliphatic heterocycles. The Balaban J connectivity index is 5.30. The number of hydrogen-bond acceptors (Lipinski definition) is 15. The second-order valence-electron chi connectivity index (χ2n) is 27.1. The Morgan fingerprint density at radius 2 is 0.587 bits per heavy atom. The van der Waals surface area contributed by atoms with Crippen LogP contribution in [0.2, 0.25) is 0 Å². The van der Waals surface area contributed by atoms with Crippen molar-refractivity contribution in [3.05, 3.63) is 24.3 Å². The van der Waals surface area contributed by atoms with Gasteiger partial charge in [-0.15, -0.1) is 0 Å². The van der Waals surface area contributed by atoms with Gasteiger partial charge in [0.1, 0.15) is 19.3 Å². The number of aliphatic hydroxyl groups is 1. The van der Waals surface area contributed by atoms with E-state index in [1.54, 1.807) is 0 Å². The smallest absolute Gasteiger partial charge is 0.462 e. The average molecular weight is 1350 g/mol. The lowest BCUT2D eigenvalue weighted by Gasteiger charge is -2.21. The number of carbonyl (C=O) groups excluding carboxylic acids is 4. The molecule has 0 aliphatic carbocycles. The summed E-state index contributed by atoms with van der Waals surface area (Å²) in [7, 11) is -9.92. The first-order valence-corrected chi connectivity index (χ1v) is 40.2. The lowest BCUT2D eigenvalue weighted by atomic mass is 10.0. The van der Waals surface area contributed by atoms with Crippen LogP contribution in [-0.4, -0.2) is 96.7 Å². The molecule has 3 N–H and O–H groups in total. The van der Waals surface area contributed by atoms with Crippen molar-refractivity contribution >= 4 is 39.5 Å². The van der Waals surface area contributed by atoms with Crippen LogP contribution in [0.25, 0.3) is 0 Å². The second kappa shape index (κ2) is 63.3. The standard InChI is InChI=1S/C73H138O17P2/c1-8-9-10-11-12-13-14-15-16-17-20-27-34-42-49-56-72(77)89-68(60-83-70(75)54-47-40-33-26-23-22-25-31-38-45-52-65(4)5)62-87-91(79,80)85-58-67(74)59-86-92(81,82)88-63-69(61-84-71(76)55-48-41-36-29-32-39-46-53-66(6)7)90-73(78)57-50-43-35-28-21-18-19-24-30-37-44-51-64(2)3/h13-16,64-69,74H,8-12,17-63H2,1-7H3,(H,79,80)(H,81,82)/b14-13-,16-15-/t67?,68-,69-/m1/s1. The van der Waals surface area contributed by atoms with Gasteiger partial charge in [0.05, 0.1) is 26.4 Å². The molecule has 92 heavy (non-hydrogen) atoms. The number of aliphatic hydroxyl groups excluding tert-OH is 1. The summed E-state index contributed by atoms with van der Waals surface area (Å²) in [5.74, 6) is 0.0695. The highest BCUT2D eigenvalue weighted by Gasteiger charge is 2.30. The zero-order valence-electron chi connectivity index (χ0n) is 59.5. The molecule has 0 rings (SSSR count). The van der Waals surface area contributed by atoms with E-state index < -0.39 is 97.5 Å². The lowest BCUT2D eigenvalue weighted by Crippen LogP contribution is -2.30. The highest BCUT2D eigenvalue weighted by Crippen LogP contribution is 2.45. The molecule has 0 aromatic carbocycles. The molecule has 3 unspecified atom stereocenters. The van der Waals surface area contributed by atoms with Gasteiger partial charge in [-0.2, -0.15) is 0 Å². The van der Waals surface area contributed by atoms with Gasteiger partial charge >= 0.3 is 39.5 Å². The molecule has 0 radical (unpaired) electrons. The zero-order chi connectivity index (χ0) is 68.0. The summed E-state index contributed by atoms with van der Waals surface area (Å²) in [6.07, 6.45) is 50.8. The van der Waals surface area contributed by atoms with Gasteiger partial charge in [0.15, 0.2) is 12.2 Å². The van der Waals surface area contributed by atoms with Crippen LogP contribution in [0.15, 0.2) is 24.3 Å². The highest BCUT2D eigenvalue weighted by molar-refractivity contribution is 7.47. The Kier molecular flexibility index (Phi) is 61.6. The van der Waals surface area contributed by atoms with E-state index in [4.69, 9.17) is 37.0 Å². The van der Waals surface area contributed by atoms with Crippen LogP contribution >= 0.6 is 15.6 Å². The fourth-order valence-corrected chi connectivity index (χ4v) is 12.1. The summed E-state index contributed by atoms with van der Waals surface area (Å²) >= 11 is 0. The van der Waals surface area contributed by atoms with Crippen molar-refractivity contribution in [2.45, 2.75) is 362 Å². The maximum Gasteiger partial charge on any atom is 0.472 e. The Bertz CT molecular complexity index is 1890. The van der Waals surface area contributed by atoms with Crippen molar-refractivity contribution in [2.75, 3.05) is 39.6 Å². The molecule has 5 atom stereocenters. The minimum atomic E-state index is -4.96. The van der Waals surface area contributed by atoms with E-state index in [2.05, 4.69) is 72.8 Å². The molecule has 0 bridgehead atoms. The van der Waals surface area contributed by atoms with Crippen molar-refractivity contribution in [1.82, 2.24) is 0 Å². The third-order valence-corrected chi connectivity index (χ3v) is 18.2. The molecule has 0 fully saturated rings. The number of esters is 4. The van der Waals surface area contributed by atoms with Crippen LogP contribution in [0.1, 0.15) is 344 Å².